The number of piperidine rings is 1. The van der Waals surface area contributed by atoms with Gasteiger partial charge in [0.1, 0.15) is 0 Å². The van der Waals surface area contributed by atoms with Crippen LogP contribution < -0.4 is 5.32 Å². The number of rotatable bonds is 4. The van der Waals surface area contributed by atoms with E-state index in [0.717, 1.165) is 24.0 Å². The molecule has 0 radical (unpaired) electrons. The Morgan fingerprint density at radius 3 is 2.25 bits per heavy atom. The number of carbonyl (C=O) groups excluding carboxylic acids is 1. The predicted molar refractivity (Wildman–Crippen MR) is 112 cm³/mol. The van der Waals surface area contributed by atoms with Gasteiger partial charge in [0.05, 0.1) is 4.90 Å². The van der Waals surface area contributed by atoms with Crippen molar-refractivity contribution in [3.05, 3.63) is 29.3 Å². The van der Waals surface area contributed by atoms with E-state index in [1.165, 1.54) is 25.7 Å². The zero-order chi connectivity index (χ0) is 20.4. The van der Waals surface area contributed by atoms with Gasteiger partial charge in [0, 0.05) is 24.5 Å². The molecule has 1 N–H and O–H groups in total. The molecular formula is C22H34N2O3S. The first-order valence-electron chi connectivity index (χ1n) is 10.6. The number of nitrogens with one attached hydrogen (secondary N) is 1. The summed E-state index contributed by atoms with van der Waals surface area (Å²) in [6, 6.07) is 5.73. The molecule has 1 amide bonds. The third-order valence-electron chi connectivity index (χ3n) is 6.51. The molecule has 5 nitrogen and oxygen atoms in total. The van der Waals surface area contributed by atoms with Crippen LogP contribution >= 0.6 is 0 Å². The molecule has 2 fully saturated rings. The fourth-order valence-electron chi connectivity index (χ4n) is 4.46. The first kappa shape index (κ1) is 21.3. The summed E-state index contributed by atoms with van der Waals surface area (Å²) < 4.78 is 27.7. The van der Waals surface area contributed by atoms with Gasteiger partial charge in [-0.1, -0.05) is 50.3 Å². The molecule has 156 valence electrons. The van der Waals surface area contributed by atoms with Crippen molar-refractivity contribution in [2.45, 2.75) is 83.1 Å². The molecule has 0 atom stereocenters. The second kappa shape index (κ2) is 8.54. The monoisotopic (exact) mass is 406 g/mol. The third kappa shape index (κ3) is 4.60. The molecule has 1 aromatic rings. The number of amides is 1. The Labute approximate surface area is 169 Å². The summed E-state index contributed by atoms with van der Waals surface area (Å²) in [7, 11) is -3.52. The summed E-state index contributed by atoms with van der Waals surface area (Å²) in [6.45, 7) is 6.57. The molecule has 1 heterocycles. The van der Waals surface area contributed by atoms with E-state index in [4.69, 9.17) is 0 Å². The minimum absolute atomic E-state index is 0.1000. The van der Waals surface area contributed by atoms with E-state index < -0.39 is 15.4 Å². The maximum Gasteiger partial charge on any atom is 0.243 e. The van der Waals surface area contributed by atoms with E-state index in [2.05, 4.69) is 5.32 Å². The van der Waals surface area contributed by atoms with E-state index in [9.17, 15) is 13.2 Å². The van der Waals surface area contributed by atoms with Crippen molar-refractivity contribution in [2.75, 3.05) is 13.1 Å². The quantitative estimate of drug-likeness (QED) is 0.771. The molecule has 0 spiro atoms. The van der Waals surface area contributed by atoms with Crippen LogP contribution in [-0.4, -0.2) is 37.8 Å². The topological polar surface area (TPSA) is 66.5 Å². The van der Waals surface area contributed by atoms with Gasteiger partial charge in [-0.3, -0.25) is 4.79 Å². The summed E-state index contributed by atoms with van der Waals surface area (Å²) >= 11 is 0. The minimum atomic E-state index is -3.52. The van der Waals surface area contributed by atoms with Gasteiger partial charge in [0.25, 0.3) is 0 Å². The Balaban J connectivity index is 1.64. The standard InChI is InChI=1S/C22H34N2O3S/c1-17-10-11-20(18(2)16-17)28(26,27)24-14-12-22(3,13-15-24)21(25)23-19-8-6-4-5-7-9-19/h10-11,16,19H,4-9,12-15H2,1-3H3,(H,23,25). The number of benzene rings is 1. The first-order chi connectivity index (χ1) is 13.2. The maximum atomic E-state index is 13.1. The second-order valence-corrected chi connectivity index (χ2v) is 10.8. The lowest BCUT2D eigenvalue weighted by Crippen LogP contribution is -2.50. The van der Waals surface area contributed by atoms with Crippen LogP contribution in [0, 0.1) is 19.3 Å². The first-order valence-corrected chi connectivity index (χ1v) is 12.0. The van der Waals surface area contributed by atoms with E-state index in [0.29, 0.717) is 30.8 Å². The van der Waals surface area contributed by atoms with Crippen LogP contribution in [0.1, 0.15) is 69.4 Å². The summed E-state index contributed by atoms with van der Waals surface area (Å²) in [4.78, 5) is 13.3. The van der Waals surface area contributed by atoms with Gasteiger partial charge in [-0.25, -0.2) is 8.42 Å². The highest BCUT2D eigenvalue weighted by molar-refractivity contribution is 7.89. The molecule has 28 heavy (non-hydrogen) atoms. The van der Waals surface area contributed by atoms with Gasteiger partial charge in [0.2, 0.25) is 15.9 Å². The number of aryl methyl sites for hydroxylation is 2. The Kier molecular flexibility index (Phi) is 6.50. The molecule has 2 aliphatic rings. The molecule has 1 saturated heterocycles. The van der Waals surface area contributed by atoms with Crippen molar-refractivity contribution in [1.82, 2.24) is 9.62 Å². The van der Waals surface area contributed by atoms with Gasteiger partial charge in [-0.05, 0) is 51.2 Å². The Morgan fingerprint density at radius 1 is 1.07 bits per heavy atom. The van der Waals surface area contributed by atoms with Crippen molar-refractivity contribution in [3.8, 4) is 0 Å². The largest absolute Gasteiger partial charge is 0.353 e. The summed E-state index contributed by atoms with van der Waals surface area (Å²) in [5.74, 6) is 0.1000. The minimum Gasteiger partial charge on any atom is -0.353 e. The highest BCUT2D eigenvalue weighted by Gasteiger charge is 2.41. The molecule has 6 heteroatoms. The number of hydrogen-bond donors (Lipinski definition) is 1. The average Bonchev–Trinajstić information content (AvgIpc) is 2.90. The van der Waals surface area contributed by atoms with Crippen LogP contribution in [0.4, 0.5) is 0 Å². The highest BCUT2D eigenvalue weighted by atomic mass is 32.2. The van der Waals surface area contributed by atoms with Crippen LogP contribution in [0.5, 0.6) is 0 Å². The zero-order valence-corrected chi connectivity index (χ0v) is 18.3. The molecular weight excluding hydrogens is 372 g/mol. The molecule has 1 aliphatic heterocycles. The number of nitrogens with zero attached hydrogens (tertiary/aromatic N) is 1. The lowest BCUT2D eigenvalue weighted by Gasteiger charge is -2.38. The number of hydrogen-bond acceptors (Lipinski definition) is 3. The normalized spacial score (nSPS) is 21.8. The van der Waals surface area contributed by atoms with Crippen LogP contribution in [-0.2, 0) is 14.8 Å². The summed E-state index contributed by atoms with van der Waals surface area (Å²) in [6.07, 6.45) is 8.15. The molecule has 0 bridgehead atoms. The highest BCUT2D eigenvalue weighted by Crippen LogP contribution is 2.34. The van der Waals surface area contributed by atoms with Crippen molar-refractivity contribution >= 4 is 15.9 Å². The second-order valence-electron chi connectivity index (χ2n) is 8.90. The summed E-state index contributed by atoms with van der Waals surface area (Å²) in [5, 5.41) is 3.26. The lowest BCUT2D eigenvalue weighted by atomic mass is 9.80. The van der Waals surface area contributed by atoms with Crippen molar-refractivity contribution in [1.29, 1.82) is 0 Å². The van der Waals surface area contributed by atoms with Crippen LogP contribution in [0.15, 0.2) is 23.1 Å². The van der Waals surface area contributed by atoms with E-state index in [1.54, 1.807) is 10.4 Å². The van der Waals surface area contributed by atoms with Crippen molar-refractivity contribution in [3.63, 3.8) is 0 Å². The lowest BCUT2D eigenvalue weighted by molar-refractivity contribution is -0.133. The fraction of sp³-hybridized carbons (Fsp3) is 0.682. The van der Waals surface area contributed by atoms with Gasteiger partial charge in [-0.2, -0.15) is 4.31 Å². The maximum absolute atomic E-state index is 13.1. The fourth-order valence-corrected chi connectivity index (χ4v) is 6.11. The zero-order valence-electron chi connectivity index (χ0n) is 17.5. The Hall–Kier alpha value is -1.40. The van der Waals surface area contributed by atoms with E-state index >= 15 is 0 Å². The molecule has 0 unspecified atom stereocenters. The number of carbonyl (C=O) groups is 1. The smallest absolute Gasteiger partial charge is 0.243 e. The van der Waals surface area contributed by atoms with Crippen LogP contribution in [0.3, 0.4) is 0 Å². The molecule has 3 rings (SSSR count). The Bertz CT molecular complexity index is 803. The molecule has 1 aromatic carbocycles. The molecule has 1 aliphatic carbocycles. The van der Waals surface area contributed by atoms with Crippen molar-refractivity contribution in [2.24, 2.45) is 5.41 Å². The average molecular weight is 407 g/mol. The van der Waals surface area contributed by atoms with E-state index in [1.807, 2.05) is 32.9 Å². The van der Waals surface area contributed by atoms with Gasteiger partial charge in [0.15, 0.2) is 0 Å². The van der Waals surface area contributed by atoms with Crippen LogP contribution in [0.25, 0.3) is 0 Å². The van der Waals surface area contributed by atoms with Crippen molar-refractivity contribution < 1.29 is 13.2 Å². The summed E-state index contributed by atoms with van der Waals surface area (Å²) in [5.41, 5.74) is 1.35. The van der Waals surface area contributed by atoms with E-state index in [-0.39, 0.29) is 11.9 Å². The third-order valence-corrected chi connectivity index (χ3v) is 8.57. The van der Waals surface area contributed by atoms with Gasteiger partial charge >= 0.3 is 0 Å². The molecule has 1 saturated carbocycles. The predicted octanol–water partition coefficient (Wildman–Crippen LogP) is 3.93. The number of sulfonamides is 1. The van der Waals surface area contributed by atoms with Gasteiger partial charge in [-0.15, -0.1) is 0 Å². The van der Waals surface area contributed by atoms with Gasteiger partial charge < -0.3 is 5.32 Å². The SMILES string of the molecule is Cc1ccc(S(=O)(=O)N2CCC(C)(C(=O)NC3CCCCCC3)CC2)c(C)c1. The van der Waals surface area contributed by atoms with Crippen LogP contribution in [0.2, 0.25) is 0 Å². The molecule has 0 aromatic heterocycles. The Morgan fingerprint density at radius 2 is 1.68 bits per heavy atom.